The van der Waals surface area contributed by atoms with Gasteiger partial charge >= 0.3 is 92.8 Å². The van der Waals surface area contributed by atoms with Crippen LogP contribution in [0.2, 0.25) is 0 Å². The first kappa shape index (κ1) is 107. The van der Waals surface area contributed by atoms with Gasteiger partial charge in [-0.05, 0) is 164 Å². The number of carbonyl (C=O) groups is 16. The van der Waals surface area contributed by atoms with Gasteiger partial charge in [-0.25, -0.2) is 28.8 Å². The minimum atomic E-state index is -1.05. The molecule has 2 aliphatic rings. The van der Waals surface area contributed by atoms with Crippen LogP contribution in [0.4, 0.5) is 19.2 Å². The second kappa shape index (κ2) is 59.1. The number of hydrogen-bond acceptors (Lipinski definition) is 36. The van der Waals surface area contributed by atoms with Crippen LogP contribution in [0, 0.1) is 34.5 Å². The molecule has 0 aliphatic heterocycles. The van der Waals surface area contributed by atoms with E-state index in [0.29, 0.717) is 59.8 Å². The Morgan fingerprint density at radius 3 is 0.797 bits per heavy atom. The zero-order valence-corrected chi connectivity index (χ0v) is 74.2. The molecule has 118 heavy (non-hydrogen) atoms. The van der Waals surface area contributed by atoms with Crippen LogP contribution in [0.15, 0.2) is 60.7 Å². The molecule has 0 saturated heterocycles. The fraction of sp³-hybridized carbons (Fsp3) is 0.659. The van der Waals surface area contributed by atoms with Crippen LogP contribution < -0.4 is 0 Å². The first-order valence-electron chi connectivity index (χ1n) is 39.2. The molecule has 4 rings (SSSR count). The van der Waals surface area contributed by atoms with E-state index in [-0.39, 0.29) is 61.3 Å². The average molecular weight is 1750 g/mol. The third kappa shape index (κ3) is 53.0. The zero-order valence-electron chi connectivity index (χ0n) is 71.0. The maximum atomic E-state index is 12.1. The fourth-order valence-electron chi connectivity index (χ4n) is 9.37. The molecular weight excluding hydrogens is 1630 g/mol. The number of esters is 12. The van der Waals surface area contributed by atoms with Gasteiger partial charge in [-0.15, -0.1) is 0 Å². The molecular formula is C82H120O32S4. The van der Waals surface area contributed by atoms with Crippen molar-refractivity contribution in [3.8, 4) is 0 Å². The number of thioether (sulfide) groups is 4. The van der Waals surface area contributed by atoms with Gasteiger partial charge in [0.2, 0.25) is 50.3 Å². The summed E-state index contributed by atoms with van der Waals surface area (Å²) in [7, 11) is 0. The van der Waals surface area contributed by atoms with E-state index in [2.05, 4.69) is 0 Å². The minimum absolute atomic E-state index is 0.0338. The summed E-state index contributed by atoms with van der Waals surface area (Å²) < 4.78 is 80.5. The Hall–Kier alpha value is -8.64. The van der Waals surface area contributed by atoms with Crippen LogP contribution >= 0.6 is 47.0 Å². The third-order valence-corrected chi connectivity index (χ3v) is 18.8. The van der Waals surface area contributed by atoms with Crippen LogP contribution in [0.1, 0.15) is 261 Å². The van der Waals surface area contributed by atoms with E-state index in [1.807, 2.05) is 0 Å². The van der Waals surface area contributed by atoms with E-state index < -0.39 is 142 Å². The molecule has 2 fully saturated rings. The van der Waals surface area contributed by atoms with Crippen molar-refractivity contribution < 1.29 is 153 Å². The van der Waals surface area contributed by atoms with E-state index >= 15 is 0 Å². The molecule has 32 nitrogen and oxygen atoms in total. The van der Waals surface area contributed by atoms with Gasteiger partial charge in [0.05, 0.1) is 45.6 Å². The number of benzene rings is 2. The zero-order chi connectivity index (χ0) is 89.1. The van der Waals surface area contributed by atoms with E-state index in [4.69, 9.17) is 75.8 Å². The minimum Gasteiger partial charge on any atom is -0.425 e. The largest absolute Gasteiger partial charge is 0.425 e. The molecule has 2 saturated carbocycles. The maximum absolute atomic E-state index is 12.1. The smallest absolute Gasteiger partial charge is 0.370 e. The quantitative estimate of drug-likeness (QED) is 0.0261. The number of rotatable bonds is 38. The van der Waals surface area contributed by atoms with Crippen LogP contribution in [-0.2, 0) is 124 Å². The lowest BCUT2D eigenvalue weighted by molar-refractivity contribution is -0.191. The van der Waals surface area contributed by atoms with E-state index in [1.165, 1.54) is 55.4 Å². The van der Waals surface area contributed by atoms with Crippen LogP contribution in [0.25, 0.3) is 0 Å². The highest BCUT2D eigenvalue weighted by Gasteiger charge is 2.31. The number of carbonyl (C=O) groups excluding carboxylic acids is 16. The highest BCUT2D eigenvalue weighted by atomic mass is 32.2. The summed E-state index contributed by atoms with van der Waals surface area (Å²) in [5, 5.41) is -2.38. The van der Waals surface area contributed by atoms with Crippen LogP contribution in [-0.4, -0.2) is 166 Å². The Bertz CT molecular complexity index is 3230. The summed E-state index contributed by atoms with van der Waals surface area (Å²) in [5.74, 6) is -5.25. The molecule has 8 atom stereocenters. The Labute approximate surface area is 708 Å². The summed E-state index contributed by atoms with van der Waals surface area (Å²) in [5.41, 5.74) is -0.665. The molecule has 2 aliphatic carbocycles. The van der Waals surface area contributed by atoms with Gasteiger partial charge in [0.15, 0.2) is 0 Å². The van der Waals surface area contributed by atoms with E-state index in [9.17, 15) is 76.7 Å². The maximum Gasteiger partial charge on any atom is 0.370 e. The van der Waals surface area contributed by atoms with Crippen LogP contribution in [0.5, 0.6) is 0 Å². The lowest BCUT2D eigenvalue weighted by Gasteiger charge is -2.22. The van der Waals surface area contributed by atoms with E-state index in [1.54, 1.807) is 130 Å². The summed E-state index contributed by atoms with van der Waals surface area (Å²) in [6.45, 7) is 28.7. The van der Waals surface area contributed by atoms with Gasteiger partial charge in [0.25, 0.3) is 0 Å². The molecule has 664 valence electrons. The van der Waals surface area contributed by atoms with Crippen molar-refractivity contribution in [2.24, 2.45) is 34.5 Å². The fourth-order valence-corrected chi connectivity index (χ4v) is 12.0. The third-order valence-electron chi connectivity index (χ3n) is 15.5. The summed E-state index contributed by atoms with van der Waals surface area (Å²) in [6.07, 6.45) is 3.60. The predicted molar refractivity (Wildman–Crippen MR) is 435 cm³/mol. The Balaban J connectivity index is 0.000000790. The molecule has 2 aromatic rings. The van der Waals surface area contributed by atoms with E-state index in [0.717, 1.165) is 111 Å². The number of hydrogen-bond donors (Lipinski definition) is 0. The summed E-state index contributed by atoms with van der Waals surface area (Å²) in [4.78, 5) is 188. The lowest BCUT2D eigenvalue weighted by Crippen LogP contribution is -2.29. The first-order valence-corrected chi connectivity index (χ1v) is 43.2. The van der Waals surface area contributed by atoms with Gasteiger partial charge in [0.1, 0.15) is 0 Å². The highest BCUT2D eigenvalue weighted by Crippen LogP contribution is 2.28. The SMILES string of the molecule is CC(OC(=O)CCCSC(=O)OC(C)OC(=O)C(C)(C)C)OC(=O)C(C)(C)C.CC(OC(=O)CCCSC(=O)OC(C)OC(=O)C(C)C)OC(=O)C(C)C.CC(OC(=O)CCCSC(=O)OC(C)OC(=O)C1CCCCC1)OC(=O)C1CCCCC1.CC(OC(=O)CCCSC(=O)OC(C)OC(=O)c1ccccc1)OC(=O)c1ccccc1. The average Bonchev–Trinajstić information content (AvgIpc) is 0.859. The predicted octanol–water partition coefficient (Wildman–Crippen LogP) is 17.0. The molecule has 0 aromatic heterocycles. The molecule has 36 heteroatoms. The van der Waals surface area contributed by atoms with Crippen molar-refractivity contribution in [2.75, 3.05) is 23.0 Å². The van der Waals surface area contributed by atoms with Crippen molar-refractivity contribution >= 4 is 140 Å². The second-order valence-corrected chi connectivity index (χ2v) is 33.5. The second-order valence-electron chi connectivity index (χ2n) is 29.4. The van der Waals surface area contributed by atoms with Gasteiger partial charge in [-0.1, -0.05) is 103 Å². The molecule has 0 spiro atoms. The summed E-state index contributed by atoms with van der Waals surface area (Å²) >= 11 is 3.50. The van der Waals surface area contributed by atoms with Gasteiger partial charge in [-0.2, -0.15) is 0 Å². The molecule has 0 amide bonds. The van der Waals surface area contributed by atoms with Crippen LogP contribution in [0.3, 0.4) is 0 Å². The lowest BCUT2D eigenvalue weighted by atomic mass is 9.89. The normalized spacial score (nSPS) is 14.7. The number of ether oxygens (including phenoxy) is 16. The van der Waals surface area contributed by atoms with Crippen molar-refractivity contribution in [1.29, 1.82) is 0 Å². The van der Waals surface area contributed by atoms with Crippen molar-refractivity contribution in [3.63, 3.8) is 0 Å². The monoisotopic (exact) mass is 1740 g/mol. The molecule has 2 aromatic carbocycles. The van der Waals surface area contributed by atoms with Crippen molar-refractivity contribution in [3.05, 3.63) is 71.8 Å². The molecule has 0 radical (unpaired) electrons. The Morgan fingerprint density at radius 1 is 0.297 bits per heavy atom. The molecule has 0 N–H and O–H groups in total. The van der Waals surface area contributed by atoms with Crippen molar-refractivity contribution in [2.45, 2.75) is 291 Å². The van der Waals surface area contributed by atoms with Crippen molar-refractivity contribution in [1.82, 2.24) is 0 Å². The highest BCUT2D eigenvalue weighted by molar-refractivity contribution is 8.14. The molecule has 0 bridgehead atoms. The Morgan fingerprint density at radius 2 is 0.525 bits per heavy atom. The standard InChI is InChI=1S/C23H36O8S.C23H24O8S.C19H32O8S.C17H28O8S/c2*1-16(29-21(25)18-10-5-3-6-11-18)28-20(24)14-9-15-32-23(27)31-17(2)30-22(26)19-12-7-4-8-13-19;1-12(25-15(21)18(3,4)5)24-14(20)10-9-11-28-17(23)27-13(2)26-16(22)19(6,7)8;1-10(2)15(19)23-12(5)22-14(18)8-7-9-26-17(21)25-13(6)24-16(20)11(3)4/h16-19H,3-15H2,1-2H3;3-8,10-13,16-17H,9,14-15H2,1-2H3;12-13H,9-11H2,1-8H3;10-13H,7-9H2,1-6H3. The first-order chi connectivity index (χ1) is 55.3. The summed E-state index contributed by atoms with van der Waals surface area (Å²) in [6, 6.07) is 16.7. The molecule has 8 unspecified atom stereocenters. The van der Waals surface area contributed by atoms with Gasteiger partial charge < -0.3 is 75.8 Å². The Kier molecular flexibility index (Phi) is 53.8. The topological polar surface area (TPSA) is 421 Å². The van der Waals surface area contributed by atoms with Gasteiger partial charge in [0, 0.05) is 104 Å². The van der Waals surface area contributed by atoms with Gasteiger partial charge in [-0.3, -0.25) is 47.9 Å². The molecule has 0 heterocycles.